The molecule has 0 spiro atoms. The number of alkyl halides is 2. The van der Waals surface area contributed by atoms with Crippen LogP contribution in [0, 0.1) is 0 Å². The van der Waals surface area contributed by atoms with Crippen LogP contribution in [0.5, 0.6) is 0 Å². The van der Waals surface area contributed by atoms with Crippen LogP contribution in [-0.2, 0) is 11.3 Å². The van der Waals surface area contributed by atoms with Crippen molar-refractivity contribution in [3.63, 3.8) is 0 Å². The summed E-state index contributed by atoms with van der Waals surface area (Å²) >= 11 is 5.78. The summed E-state index contributed by atoms with van der Waals surface area (Å²) in [4.78, 5) is 14.7. The molecule has 0 aliphatic rings. The number of hydrogen-bond donors (Lipinski definition) is 1. The monoisotopic (exact) mass is 250 g/mol. The summed E-state index contributed by atoms with van der Waals surface area (Å²) in [7, 11) is 1.15. The smallest absolute Gasteiger partial charge is 0.340 e. The summed E-state index contributed by atoms with van der Waals surface area (Å²) in [6, 6.07) is 0. The number of esters is 1. The largest absolute Gasteiger partial charge is 0.465 e. The van der Waals surface area contributed by atoms with Crippen LogP contribution in [-0.4, -0.2) is 18.1 Å². The molecule has 0 aliphatic carbocycles. The summed E-state index contributed by atoms with van der Waals surface area (Å²) in [5.41, 5.74) is 4.66. The normalized spacial score (nSPS) is 10.6. The molecule has 88 valence electrons. The number of hydrogen-bond acceptors (Lipinski definition) is 4. The van der Waals surface area contributed by atoms with Crippen molar-refractivity contribution in [1.82, 2.24) is 4.98 Å². The Labute approximate surface area is 95.4 Å². The second-order valence-electron chi connectivity index (χ2n) is 2.85. The Hall–Kier alpha value is -1.27. The highest BCUT2D eigenvalue weighted by atomic mass is 35.5. The minimum Gasteiger partial charge on any atom is -0.465 e. The van der Waals surface area contributed by atoms with E-state index in [-0.39, 0.29) is 22.7 Å². The number of carbonyl (C=O) groups is 1. The molecule has 0 bridgehead atoms. The van der Waals surface area contributed by atoms with E-state index in [1.165, 1.54) is 0 Å². The van der Waals surface area contributed by atoms with E-state index in [0.717, 1.165) is 13.3 Å². The summed E-state index contributed by atoms with van der Waals surface area (Å²) < 4.78 is 29.5. The van der Waals surface area contributed by atoms with Gasteiger partial charge in [-0.3, -0.25) is 4.98 Å². The van der Waals surface area contributed by atoms with Gasteiger partial charge in [-0.05, 0) is 0 Å². The van der Waals surface area contributed by atoms with E-state index >= 15 is 0 Å². The van der Waals surface area contributed by atoms with Gasteiger partial charge in [-0.15, -0.1) is 0 Å². The maximum atomic E-state index is 12.5. The third-order valence-electron chi connectivity index (χ3n) is 1.96. The second-order valence-corrected chi connectivity index (χ2v) is 3.22. The van der Waals surface area contributed by atoms with Crippen LogP contribution < -0.4 is 5.73 Å². The molecule has 7 heteroatoms. The van der Waals surface area contributed by atoms with Crippen LogP contribution in [0.2, 0.25) is 5.02 Å². The molecule has 4 nitrogen and oxygen atoms in total. The maximum Gasteiger partial charge on any atom is 0.340 e. The molecule has 0 unspecified atom stereocenters. The molecule has 1 rings (SSSR count). The molecule has 2 N–H and O–H groups in total. The van der Waals surface area contributed by atoms with E-state index < -0.39 is 18.1 Å². The highest BCUT2D eigenvalue weighted by molar-refractivity contribution is 6.34. The Balaban J connectivity index is 3.34. The molecular weight excluding hydrogens is 242 g/mol. The van der Waals surface area contributed by atoms with Crippen molar-refractivity contribution in [3.05, 3.63) is 28.0 Å². The molecule has 1 aromatic heterocycles. The van der Waals surface area contributed by atoms with Crippen molar-refractivity contribution in [2.75, 3.05) is 7.11 Å². The number of nitrogens with zero attached hydrogens (tertiary/aromatic N) is 1. The molecule has 0 amide bonds. The average Bonchev–Trinajstić information content (AvgIpc) is 2.27. The number of methoxy groups -OCH3 is 1. The molecule has 1 heterocycles. The van der Waals surface area contributed by atoms with Gasteiger partial charge in [0.15, 0.2) is 0 Å². The average molecular weight is 251 g/mol. The third-order valence-corrected chi connectivity index (χ3v) is 2.39. The first-order chi connectivity index (χ1) is 7.52. The number of aromatic nitrogens is 1. The highest BCUT2D eigenvalue weighted by Crippen LogP contribution is 2.29. The van der Waals surface area contributed by atoms with E-state index in [9.17, 15) is 13.6 Å². The topological polar surface area (TPSA) is 65.2 Å². The summed E-state index contributed by atoms with van der Waals surface area (Å²) in [5.74, 6) is -0.743. The van der Waals surface area contributed by atoms with Gasteiger partial charge in [-0.1, -0.05) is 11.6 Å². The van der Waals surface area contributed by atoms with Crippen molar-refractivity contribution >= 4 is 17.6 Å². The SMILES string of the molecule is COC(=O)c1cnc(C(F)F)c(CN)c1Cl. The zero-order chi connectivity index (χ0) is 12.3. The zero-order valence-electron chi connectivity index (χ0n) is 8.34. The van der Waals surface area contributed by atoms with Gasteiger partial charge in [0, 0.05) is 18.3 Å². The zero-order valence-corrected chi connectivity index (χ0v) is 9.09. The van der Waals surface area contributed by atoms with Gasteiger partial charge in [-0.2, -0.15) is 0 Å². The number of pyridine rings is 1. The van der Waals surface area contributed by atoms with Crippen LogP contribution in [0.3, 0.4) is 0 Å². The van der Waals surface area contributed by atoms with Crippen molar-refractivity contribution in [3.8, 4) is 0 Å². The number of halogens is 3. The maximum absolute atomic E-state index is 12.5. The van der Waals surface area contributed by atoms with Gasteiger partial charge in [0.1, 0.15) is 5.69 Å². The number of ether oxygens (including phenoxy) is 1. The Kier molecular flexibility index (Phi) is 4.14. The first-order valence-corrected chi connectivity index (χ1v) is 4.64. The fourth-order valence-corrected chi connectivity index (χ4v) is 1.48. The van der Waals surface area contributed by atoms with E-state index in [1.807, 2.05) is 0 Å². The van der Waals surface area contributed by atoms with Crippen molar-refractivity contribution < 1.29 is 18.3 Å². The summed E-state index contributed by atoms with van der Waals surface area (Å²) in [6.45, 7) is -0.226. The molecule has 0 fully saturated rings. The van der Waals surface area contributed by atoms with Gasteiger partial charge in [0.05, 0.1) is 17.7 Å². The fraction of sp³-hybridized carbons (Fsp3) is 0.333. The molecule has 0 saturated carbocycles. The van der Waals surface area contributed by atoms with Crippen LogP contribution in [0.1, 0.15) is 28.0 Å². The molecule has 1 aromatic rings. The third kappa shape index (κ3) is 2.28. The minimum absolute atomic E-state index is 0.0421. The molecule has 0 aliphatic heterocycles. The lowest BCUT2D eigenvalue weighted by molar-refractivity contribution is 0.0599. The van der Waals surface area contributed by atoms with Crippen molar-refractivity contribution in [2.24, 2.45) is 5.73 Å². The lowest BCUT2D eigenvalue weighted by Gasteiger charge is -2.10. The lowest BCUT2D eigenvalue weighted by Crippen LogP contribution is -2.11. The van der Waals surface area contributed by atoms with Crippen LogP contribution in [0.15, 0.2) is 6.20 Å². The number of carbonyl (C=O) groups excluding carboxylic acids is 1. The van der Waals surface area contributed by atoms with Gasteiger partial charge in [-0.25, -0.2) is 13.6 Å². The van der Waals surface area contributed by atoms with Gasteiger partial charge < -0.3 is 10.5 Å². The van der Waals surface area contributed by atoms with E-state index in [2.05, 4.69) is 9.72 Å². The van der Waals surface area contributed by atoms with Gasteiger partial charge >= 0.3 is 5.97 Å². The van der Waals surface area contributed by atoms with E-state index in [1.54, 1.807) is 0 Å². The Morgan fingerprint density at radius 3 is 2.75 bits per heavy atom. The second kappa shape index (κ2) is 5.18. The van der Waals surface area contributed by atoms with Crippen LogP contribution >= 0.6 is 11.6 Å². The first kappa shape index (κ1) is 12.8. The molecule has 0 saturated heterocycles. The molecule has 0 atom stereocenters. The Morgan fingerprint density at radius 1 is 1.69 bits per heavy atom. The van der Waals surface area contributed by atoms with E-state index in [0.29, 0.717) is 0 Å². The first-order valence-electron chi connectivity index (χ1n) is 4.26. The predicted molar refractivity (Wildman–Crippen MR) is 53.4 cm³/mol. The molecule has 0 aromatic carbocycles. The van der Waals surface area contributed by atoms with Gasteiger partial charge in [0.25, 0.3) is 6.43 Å². The molecule has 0 radical (unpaired) electrons. The minimum atomic E-state index is -2.79. The fourth-order valence-electron chi connectivity index (χ4n) is 1.18. The lowest BCUT2D eigenvalue weighted by atomic mass is 10.1. The van der Waals surface area contributed by atoms with Crippen LogP contribution in [0.4, 0.5) is 8.78 Å². The van der Waals surface area contributed by atoms with E-state index in [4.69, 9.17) is 17.3 Å². The quantitative estimate of drug-likeness (QED) is 0.833. The molecule has 16 heavy (non-hydrogen) atoms. The molecular formula is C9H9ClF2N2O2. The van der Waals surface area contributed by atoms with Gasteiger partial charge in [0.2, 0.25) is 0 Å². The Morgan fingerprint density at radius 2 is 2.31 bits per heavy atom. The van der Waals surface area contributed by atoms with Crippen LogP contribution in [0.25, 0.3) is 0 Å². The predicted octanol–water partition coefficient (Wildman–Crippen LogP) is 1.92. The van der Waals surface area contributed by atoms with Crippen molar-refractivity contribution in [2.45, 2.75) is 13.0 Å². The van der Waals surface area contributed by atoms with Crippen molar-refractivity contribution in [1.29, 1.82) is 0 Å². The number of nitrogens with two attached hydrogens (primary N) is 1. The standard InChI is InChI=1S/C9H9ClF2N2O2/c1-16-9(15)5-3-14-7(8(11)12)4(2-13)6(5)10/h3,8H,2,13H2,1H3. The highest BCUT2D eigenvalue weighted by Gasteiger charge is 2.22. The summed E-state index contributed by atoms with van der Waals surface area (Å²) in [6.07, 6.45) is -1.84. The Bertz CT molecular complexity index is 413. The number of rotatable bonds is 3. The summed E-state index contributed by atoms with van der Waals surface area (Å²) in [5, 5.41) is -0.139.